The van der Waals surface area contributed by atoms with Crippen LogP contribution in [0.25, 0.3) is 0 Å². The third-order valence-electron chi connectivity index (χ3n) is 6.58. The molecule has 1 unspecified atom stereocenters. The number of aryl methyl sites for hydroxylation is 2. The van der Waals surface area contributed by atoms with Gasteiger partial charge in [0.15, 0.2) is 0 Å². The molecule has 0 aromatic heterocycles. The van der Waals surface area contributed by atoms with Crippen LogP contribution in [-0.4, -0.2) is 50.9 Å². The topological polar surface area (TPSA) is 49.9 Å². The zero-order valence-corrected chi connectivity index (χ0v) is 20.1. The van der Waals surface area contributed by atoms with Gasteiger partial charge in [-0.3, -0.25) is 4.90 Å². The van der Waals surface area contributed by atoms with Gasteiger partial charge in [0.2, 0.25) is 10.0 Å². The second kappa shape index (κ2) is 9.10. The first-order chi connectivity index (χ1) is 14.8. The summed E-state index contributed by atoms with van der Waals surface area (Å²) >= 11 is 6.19. The lowest BCUT2D eigenvalue weighted by Crippen LogP contribution is -2.44. The first-order valence-corrected chi connectivity index (χ1v) is 12.7. The summed E-state index contributed by atoms with van der Waals surface area (Å²) in [4.78, 5) is 2.85. The van der Waals surface area contributed by atoms with Crippen LogP contribution in [0.15, 0.2) is 35.2 Å². The van der Waals surface area contributed by atoms with Crippen molar-refractivity contribution in [2.24, 2.45) is 5.92 Å². The zero-order valence-electron chi connectivity index (χ0n) is 18.5. The minimum Gasteiger partial charge on any atom is -0.497 e. The molecule has 5 nitrogen and oxygen atoms in total. The van der Waals surface area contributed by atoms with E-state index < -0.39 is 10.0 Å². The molecule has 1 fully saturated rings. The first kappa shape index (κ1) is 22.6. The van der Waals surface area contributed by atoms with E-state index in [-0.39, 0.29) is 0 Å². The van der Waals surface area contributed by atoms with Crippen LogP contribution in [0.1, 0.15) is 35.1 Å². The molecule has 31 heavy (non-hydrogen) atoms. The van der Waals surface area contributed by atoms with Gasteiger partial charge in [-0.05, 0) is 85.5 Å². The Bertz CT molecular complexity index is 1070. The predicted octanol–water partition coefficient (Wildman–Crippen LogP) is 4.42. The molecule has 2 aliphatic heterocycles. The van der Waals surface area contributed by atoms with Gasteiger partial charge in [0.25, 0.3) is 0 Å². The fourth-order valence-electron chi connectivity index (χ4n) is 4.80. The van der Waals surface area contributed by atoms with Crippen LogP contribution < -0.4 is 4.74 Å². The Labute approximate surface area is 191 Å². The molecule has 4 rings (SSSR count). The number of fused-ring (bicyclic) bond motifs is 1. The summed E-state index contributed by atoms with van der Waals surface area (Å²) in [7, 11) is -1.82. The van der Waals surface area contributed by atoms with E-state index in [1.807, 2.05) is 19.9 Å². The number of benzene rings is 2. The number of methoxy groups -OCH3 is 1. The van der Waals surface area contributed by atoms with Crippen LogP contribution >= 0.6 is 11.6 Å². The predicted molar refractivity (Wildman–Crippen MR) is 124 cm³/mol. The molecule has 168 valence electrons. The number of rotatable bonds is 5. The fraction of sp³-hybridized carbons (Fsp3) is 0.500. The van der Waals surface area contributed by atoms with E-state index in [1.54, 1.807) is 23.5 Å². The van der Waals surface area contributed by atoms with Crippen LogP contribution in [0.5, 0.6) is 5.75 Å². The Hall–Kier alpha value is -1.60. The van der Waals surface area contributed by atoms with Crippen LogP contribution in [0.2, 0.25) is 5.02 Å². The van der Waals surface area contributed by atoms with Crippen molar-refractivity contribution in [1.82, 2.24) is 9.21 Å². The van der Waals surface area contributed by atoms with E-state index in [4.69, 9.17) is 16.3 Å². The maximum absolute atomic E-state index is 13.4. The largest absolute Gasteiger partial charge is 0.497 e. The van der Waals surface area contributed by atoms with Crippen LogP contribution in [0.4, 0.5) is 0 Å². The molecule has 1 saturated heterocycles. The standard InChI is InChI=1S/C24H31ClN2O3S/c1-17-12-24(18(2)11-23(17)25)31(28,29)27-9-4-5-19(15-27)14-26-10-8-20-13-22(30-3)7-6-21(20)16-26/h6-7,11-13,19H,4-5,8-10,14-16H2,1-3H3. The van der Waals surface area contributed by atoms with Crippen molar-refractivity contribution in [3.05, 3.63) is 57.6 Å². The van der Waals surface area contributed by atoms with Gasteiger partial charge in [-0.2, -0.15) is 4.31 Å². The van der Waals surface area contributed by atoms with Crippen molar-refractivity contribution in [3.63, 3.8) is 0 Å². The molecule has 0 radical (unpaired) electrons. The molecule has 2 aliphatic rings. The Morgan fingerprint density at radius 3 is 2.68 bits per heavy atom. The highest BCUT2D eigenvalue weighted by Gasteiger charge is 2.32. The van der Waals surface area contributed by atoms with Gasteiger partial charge < -0.3 is 4.74 Å². The number of hydrogen-bond acceptors (Lipinski definition) is 4. The van der Waals surface area contributed by atoms with Gasteiger partial charge in [-0.25, -0.2) is 8.42 Å². The summed E-state index contributed by atoms with van der Waals surface area (Å²) in [6.45, 7) is 7.68. The molecular formula is C24H31ClN2O3S. The van der Waals surface area contributed by atoms with E-state index in [0.717, 1.165) is 50.2 Å². The average molecular weight is 463 g/mol. The lowest BCUT2D eigenvalue weighted by atomic mass is 9.95. The first-order valence-electron chi connectivity index (χ1n) is 10.9. The SMILES string of the molecule is COc1ccc2c(c1)CCN(CC1CCCN(S(=O)(=O)c3cc(C)c(Cl)cc3C)C1)C2. The minimum atomic E-state index is -3.52. The number of hydrogen-bond donors (Lipinski definition) is 0. The molecule has 0 aliphatic carbocycles. The summed E-state index contributed by atoms with van der Waals surface area (Å²) < 4.78 is 33.8. The van der Waals surface area contributed by atoms with Crippen molar-refractivity contribution in [2.45, 2.75) is 44.6 Å². The van der Waals surface area contributed by atoms with Crippen LogP contribution in [-0.2, 0) is 23.0 Å². The van der Waals surface area contributed by atoms with E-state index in [0.29, 0.717) is 34.5 Å². The van der Waals surface area contributed by atoms with E-state index in [2.05, 4.69) is 17.0 Å². The molecular weight excluding hydrogens is 432 g/mol. The second-order valence-electron chi connectivity index (χ2n) is 8.86. The van der Waals surface area contributed by atoms with E-state index in [9.17, 15) is 8.42 Å². The zero-order chi connectivity index (χ0) is 22.2. The van der Waals surface area contributed by atoms with E-state index in [1.165, 1.54) is 11.1 Å². The second-order valence-corrected chi connectivity index (χ2v) is 11.2. The summed E-state index contributed by atoms with van der Waals surface area (Å²) in [5.74, 6) is 1.25. The molecule has 0 amide bonds. The summed E-state index contributed by atoms with van der Waals surface area (Å²) in [6.07, 6.45) is 2.97. The molecule has 7 heteroatoms. The lowest BCUT2D eigenvalue weighted by molar-refractivity contribution is 0.167. The van der Waals surface area contributed by atoms with Crippen molar-refractivity contribution in [1.29, 1.82) is 0 Å². The van der Waals surface area contributed by atoms with Gasteiger partial charge in [0.05, 0.1) is 12.0 Å². The van der Waals surface area contributed by atoms with Gasteiger partial charge >= 0.3 is 0 Å². The van der Waals surface area contributed by atoms with Crippen molar-refractivity contribution < 1.29 is 13.2 Å². The Balaban J connectivity index is 1.45. The Morgan fingerprint density at radius 2 is 1.90 bits per heavy atom. The maximum Gasteiger partial charge on any atom is 0.243 e. The molecule has 0 N–H and O–H groups in total. The highest BCUT2D eigenvalue weighted by atomic mass is 35.5. The Morgan fingerprint density at radius 1 is 1.10 bits per heavy atom. The smallest absolute Gasteiger partial charge is 0.243 e. The normalized spacial score (nSPS) is 20.5. The van der Waals surface area contributed by atoms with Gasteiger partial charge in [0, 0.05) is 37.7 Å². The molecule has 2 heterocycles. The fourth-order valence-corrected chi connectivity index (χ4v) is 6.87. The molecule has 0 spiro atoms. The van der Waals surface area contributed by atoms with Crippen molar-refractivity contribution >= 4 is 21.6 Å². The summed E-state index contributed by atoms with van der Waals surface area (Å²) in [5.41, 5.74) is 4.21. The van der Waals surface area contributed by atoms with Crippen LogP contribution in [0, 0.1) is 19.8 Å². The summed E-state index contributed by atoms with van der Waals surface area (Å²) in [6, 6.07) is 9.78. The molecule has 0 bridgehead atoms. The van der Waals surface area contributed by atoms with Gasteiger partial charge in [-0.15, -0.1) is 0 Å². The summed E-state index contributed by atoms with van der Waals surface area (Å²) in [5, 5.41) is 0.607. The monoisotopic (exact) mass is 462 g/mol. The maximum atomic E-state index is 13.4. The molecule has 1 atom stereocenters. The quantitative estimate of drug-likeness (QED) is 0.659. The lowest BCUT2D eigenvalue weighted by Gasteiger charge is -2.37. The number of piperidine rings is 1. The van der Waals surface area contributed by atoms with E-state index >= 15 is 0 Å². The third kappa shape index (κ3) is 4.77. The molecule has 0 saturated carbocycles. The van der Waals surface area contributed by atoms with Gasteiger partial charge in [0.1, 0.15) is 5.75 Å². The Kier molecular flexibility index (Phi) is 6.63. The number of sulfonamides is 1. The number of ether oxygens (including phenoxy) is 1. The average Bonchev–Trinajstić information content (AvgIpc) is 2.76. The van der Waals surface area contributed by atoms with Crippen molar-refractivity contribution in [3.8, 4) is 5.75 Å². The number of nitrogens with zero attached hydrogens (tertiary/aromatic N) is 2. The highest BCUT2D eigenvalue weighted by molar-refractivity contribution is 7.89. The van der Waals surface area contributed by atoms with Gasteiger partial charge in [-0.1, -0.05) is 17.7 Å². The minimum absolute atomic E-state index is 0.344. The molecule has 2 aromatic carbocycles. The molecule has 2 aromatic rings. The highest BCUT2D eigenvalue weighted by Crippen LogP contribution is 2.30. The third-order valence-corrected chi connectivity index (χ3v) is 8.99. The van der Waals surface area contributed by atoms with Crippen molar-refractivity contribution in [2.75, 3.05) is 33.3 Å². The number of halogens is 1. The van der Waals surface area contributed by atoms with Crippen LogP contribution in [0.3, 0.4) is 0 Å².